The molecule has 2 aliphatic heterocycles. The number of rotatable bonds is 6. The molecule has 146 valence electrons. The van der Waals surface area contributed by atoms with Gasteiger partial charge in [-0.3, -0.25) is 14.9 Å². The van der Waals surface area contributed by atoms with E-state index in [4.69, 9.17) is 0 Å². The van der Waals surface area contributed by atoms with Crippen molar-refractivity contribution < 1.29 is 22.8 Å². The number of amides is 4. The van der Waals surface area contributed by atoms with E-state index in [-0.39, 0.29) is 23.6 Å². The number of piperidine rings is 1. The highest BCUT2D eigenvalue weighted by atomic mass is 32.2. The lowest BCUT2D eigenvalue weighted by atomic mass is 10.1. The largest absolute Gasteiger partial charge is 0.326 e. The number of imide groups is 1. The van der Waals surface area contributed by atoms with Crippen LogP contribution < -0.4 is 16.0 Å². The summed E-state index contributed by atoms with van der Waals surface area (Å²) in [6, 6.07) is 4.84. The fourth-order valence-corrected chi connectivity index (χ4v) is 4.71. The van der Waals surface area contributed by atoms with Crippen LogP contribution in [0.1, 0.15) is 32.1 Å². The molecule has 3 rings (SSSR count). The van der Waals surface area contributed by atoms with Gasteiger partial charge in [0.2, 0.25) is 15.9 Å². The molecular formula is C17H22N4O5S. The molecule has 0 spiro atoms. The third kappa shape index (κ3) is 4.64. The standard InChI is InChI=1S/C17H22N4O5S/c22-15(8-7-14-16(23)20-17(24)19-14)18-12-5-4-6-13(11-12)27(25,26)21-9-2-1-3-10-21/h4-6,11,14H,1-3,7-10H2,(H,18,22)(H2,19,20,23,24)/t14-/m0/s1. The predicted octanol–water partition coefficient (Wildman–Crippen LogP) is 0.788. The molecule has 2 fully saturated rings. The second-order valence-electron chi connectivity index (χ2n) is 6.59. The van der Waals surface area contributed by atoms with Crippen LogP contribution in [-0.4, -0.2) is 49.7 Å². The summed E-state index contributed by atoms with van der Waals surface area (Å²) in [5.74, 6) is -0.820. The Morgan fingerprint density at radius 2 is 1.93 bits per heavy atom. The number of nitrogens with one attached hydrogen (secondary N) is 3. The van der Waals surface area contributed by atoms with Crippen molar-refractivity contribution in [3.8, 4) is 0 Å². The number of hydrogen-bond acceptors (Lipinski definition) is 5. The fraction of sp³-hybridized carbons (Fsp3) is 0.471. The van der Waals surface area contributed by atoms with Crippen LogP contribution in [0.5, 0.6) is 0 Å². The van der Waals surface area contributed by atoms with Gasteiger partial charge in [-0.1, -0.05) is 12.5 Å². The van der Waals surface area contributed by atoms with E-state index in [0.29, 0.717) is 18.8 Å². The molecule has 1 aromatic rings. The third-order valence-electron chi connectivity index (χ3n) is 4.59. The molecule has 0 unspecified atom stereocenters. The molecular weight excluding hydrogens is 372 g/mol. The number of hydrogen-bond donors (Lipinski definition) is 3. The van der Waals surface area contributed by atoms with Gasteiger partial charge in [0.15, 0.2) is 0 Å². The molecule has 1 atom stereocenters. The van der Waals surface area contributed by atoms with Crippen molar-refractivity contribution in [1.82, 2.24) is 14.9 Å². The number of carbonyl (C=O) groups excluding carboxylic acids is 3. The minimum absolute atomic E-state index is 0.0153. The average molecular weight is 394 g/mol. The van der Waals surface area contributed by atoms with E-state index in [2.05, 4.69) is 16.0 Å². The number of sulfonamides is 1. The van der Waals surface area contributed by atoms with Crippen LogP contribution >= 0.6 is 0 Å². The molecule has 0 radical (unpaired) electrons. The van der Waals surface area contributed by atoms with Crippen molar-refractivity contribution in [2.75, 3.05) is 18.4 Å². The molecule has 2 aliphatic rings. The molecule has 9 nitrogen and oxygen atoms in total. The van der Waals surface area contributed by atoms with E-state index < -0.39 is 28.0 Å². The monoisotopic (exact) mass is 394 g/mol. The summed E-state index contributed by atoms with van der Waals surface area (Å²) in [6.07, 6.45) is 2.90. The Hall–Kier alpha value is -2.46. The van der Waals surface area contributed by atoms with Gasteiger partial charge in [0.05, 0.1) is 4.90 Å². The topological polar surface area (TPSA) is 125 Å². The highest BCUT2D eigenvalue weighted by Crippen LogP contribution is 2.23. The van der Waals surface area contributed by atoms with Crippen LogP contribution in [0.15, 0.2) is 29.2 Å². The zero-order valence-electron chi connectivity index (χ0n) is 14.7. The van der Waals surface area contributed by atoms with Gasteiger partial charge < -0.3 is 10.6 Å². The van der Waals surface area contributed by atoms with Crippen LogP contribution in [0, 0.1) is 0 Å². The number of anilines is 1. The summed E-state index contributed by atoms with van der Waals surface area (Å²) in [5.41, 5.74) is 0.373. The van der Waals surface area contributed by atoms with Crippen molar-refractivity contribution in [3.63, 3.8) is 0 Å². The molecule has 3 N–H and O–H groups in total. The zero-order chi connectivity index (χ0) is 19.4. The quantitative estimate of drug-likeness (QED) is 0.615. The summed E-state index contributed by atoms with van der Waals surface area (Å²) in [5, 5.41) is 7.17. The average Bonchev–Trinajstić information content (AvgIpc) is 2.98. The minimum Gasteiger partial charge on any atom is -0.326 e. The molecule has 0 bridgehead atoms. The van der Waals surface area contributed by atoms with Gasteiger partial charge in [-0.15, -0.1) is 0 Å². The van der Waals surface area contributed by atoms with E-state index in [1.165, 1.54) is 16.4 Å². The maximum atomic E-state index is 12.7. The molecule has 0 aliphatic carbocycles. The molecule has 2 heterocycles. The van der Waals surface area contributed by atoms with Gasteiger partial charge in [0, 0.05) is 25.2 Å². The van der Waals surface area contributed by atoms with Gasteiger partial charge in [-0.25, -0.2) is 13.2 Å². The summed E-state index contributed by atoms with van der Waals surface area (Å²) in [4.78, 5) is 34.8. The Kier molecular flexibility index (Phi) is 5.76. The third-order valence-corrected chi connectivity index (χ3v) is 6.48. The summed E-state index contributed by atoms with van der Waals surface area (Å²) < 4.78 is 26.9. The predicted molar refractivity (Wildman–Crippen MR) is 97.4 cm³/mol. The molecule has 0 saturated carbocycles. The zero-order valence-corrected chi connectivity index (χ0v) is 15.5. The van der Waals surface area contributed by atoms with E-state index >= 15 is 0 Å². The highest BCUT2D eigenvalue weighted by molar-refractivity contribution is 7.89. The van der Waals surface area contributed by atoms with Gasteiger partial charge in [-0.2, -0.15) is 4.31 Å². The first kappa shape index (κ1) is 19.3. The lowest BCUT2D eigenvalue weighted by Gasteiger charge is -2.26. The number of benzene rings is 1. The lowest BCUT2D eigenvalue weighted by molar-refractivity contribution is -0.120. The van der Waals surface area contributed by atoms with Crippen LogP contribution in [0.3, 0.4) is 0 Å². The molecule has 10 heteroatoms. The van der Waals surface area contributed by atoms with Crippen molar-refractivity contribution in [2.24, 2.45) is 0 Å². The molecule has 4 amide bonds. The first-order valence-electron chi connectivity index (χ1n) is 8.88. The van der Waals surface area contributed by atoms with Crippen molar-refractivity contribution in [2.45, 2.75) is 43.0 Å². The Morgan fingerprint density at radius 3 is 2.59 bits per heavy atom. The van der Waals surface area contributed by atoms with E-state index in [1.807, 2.05) is 0 Å². The van der Waals surface area contributed by atoms with E-state index in [1.54, 1.807) is 12.1 Å². The van der Waals surface area contributed by atoms with Crippen LogP contribution in [0.2, 0.25) is 0 Å². The lowest BCUT2D eigenvalue weighted by Crippen LogP contribution is -2.35. The van der Waals surface area contributed by atoms with E-state index in [0.717, 1.165) is 19.3 Å². The second kappa shape index (κ2) is 8.05. The number of urea groups is 1. The smallest absolute Gasteiger partial charge is 0.322 e. The van der Waals surface area contributed by atoms with Crippen LogP contribution in [0.4, 0.5) is 10.5 Å². The summed E-state index contributed by atoms with van der Waals surface area (Å²) >= 11 is 0. The SMILES string of the molecule is O=C(CC[C@@H]1NC(=O)NC1=O)Nc1cccc(S(=O)(=O)N2CCCCC2)c1. The molecule has 27 heavy (non-hydrogen) atoms. The minimum atomic E-state index is -3.58. The summed E-state index contributed by atoms with van der Waals surface area (Å²) in [6.45, 7) is 1.02. The summed E-state index contributed by atoms with van der Waals surface area (Å²) in [7, 11) is -3.58. The number of nitrogens with zero attached hydrogens (tertiary/aromatic N) is 1. The Morgan fingerprint density at radius 1 is 1.19 bits per heavy atom. The van der Waals surface area contributed by atoms with Crippen molar-refractivity contribution >= 4 is 33.6 Å². The molecule has 2 saturated heterocycles. The fourth-order valence-electron chi connectivity index (χ4n) is 3.15. The van der Waals surface area contributed by atoms with Crippen LogP contribution in [0.25, 0.3) is 0 Å². The van der Waals surface area contributed by atoms with Gasteiger partial charge in [-0.05, 0) is 37.5 Å². The Labute approximate surface area is 157 Å². The second-order valence-corrected chi connectivity index (χ2v) is 8.53. The molecule has 1 aromatic carbocycles. The van der Waals surface area contributed by atoms with Gasteiger partial charge >= 0.3 is 6.03 Å². The van der Waals surface area contributed by atoms with Crippen molar-refractivity contribution in [1.29, 1.82) is 0 Å². The normalized spacial score (nSPS) is 20.8. The van der Waals surface area contributed by atoms with Gasteiger partial charge in [0.25, 0.3) is 5.91 Å². The molecule has 0 aromatic heterocycles. The Balaban J connectivity index is 1.61. The van der Waals surface area contributed by atoms with Gasteiger partial charge in [0.1, 0.15) is 6.04 Å². The number of carbonyl (C=O) groups is 3. The van der Waals surface area contributed by atoms with Crippen LogP contribution in [-0.2, 0) is 19.6 Å². The maximum absolute atomic E-state index is 12.7. The highest BCUT2D eigenvalue weighted by Gasteiger charge is 2.29. The van der Waals surface area contributed by atoms with E-state index in [9.17, 15) is 22.8 Å². The maximum Gasteiger partial charge on any atom is 0.322 e. The van der Waals surface area contributed by atoms with Crippen molar-refractivity contribution in [3.05, 3.63) is 24.3 Å². The Bertz CT molecular complexity index is 849. The first-order valence-corrected chi connectivity index (χ1v) is 10.3. The first-order chi connectivity index (χ1) is 12.9.